The van der Waals surface area contributed by atoms with E-state index in [1.807, 2.05) is 30.3 Å². The Bertz CT molecular complexity index is 794. The first-order valence-electron chi connectivity index (χ1n) is 6.39. The third-order valence-electron chi connectivity index (χ3n) is 3.23. The van der Waals surface area contributed by atoms with Crippen LogP contribution in [0.2, 0.25) is 10.0 Å². The molecule has 0 amide bonds. The maximum absolute atomic E-state index is 12.7. The van der Waals surface area contributed by atoms with E-state index in [4.69, 9.17) is 23.2 Å². The van der Waals surface area contributed by atoms with Crippen LogP contribution in [-0.4, -0.2) is 10.8 Å². The summed E-state index contributed by atoms with van der Waals surface area (Å²) in [5.41, 5.74) is 2.77. The number of rotatable bonds is 3. The summed E-state index contributed by atoms with van der Waals surface area (Å²) < 4.78 is 0. The van der Waals surface area contributed by atoms with Gasteiger partial charge in [0.2, 0.25) is 0 Å². The Labute approximate surface area is 132 Å². The molecule has 0 unspecified atom stereocenters. The lowest BCUT2D eigenvalue weighted by atomic mass is 10.00. The third-order valence-corrected chi connectivity index (χ3v) is 3.78. The van der Waals surface area contributed by atoms with Gasteiger partial charge >= 0.3 is 0 Å². The Hall–Kier alpha value is -2.03. The predicted molar refractivity (Wildman–Crippen MR) is 86.1 cm³/mol. The van der Waals surface area contributed by atoms with Crippen LogP contribution in [0.1, 0.15) is 15.9 Å². The van der Waals surface area contributed by atoms with Gasteiger partial charge in [-0.1, -0.05) is 53.5 Å². The monoisotopic (exact) mass is 315 g/mol. The van der Waals surface area contributed by atoms with Gasteiger partial charge in [0.05, 0.1) is 10.7 Å². The Kier molecular flexibility index (Phi) is 3.82. The minimum absolute atomic E-state index is 0.128. The molecular weight excluding hydrogens is 305 g/mol. The highest BCUT2D eigenvalue weighted by Crippen LogP contribution is 2.28. The SMILES string of the molecule is O=C(c1ccc(Cl)cc1Cl)c1cc[nH]c1-c1ccccc1. The van der Waals surface area contributed by atoms with Gasteiger partial charge in [0.25, 0.3) is 0 Å². The molecule has 0 saturated heterocycles. The molecule has 0 spiro atoms. The average molecular weight is 316 g/mol. The molecule has 0 aliphatic rings. The summed E-state index contributed by atoms with van der Waals surface area (Å²) in [5, 5.41) is 0.863. The highest BCUT2D eigenvalue weighted by Gasteiger charge is 2.18. The molecule has 104 valence electrons. The lowest BCUT2D eigenvalue weighted by Gasteiger charge is -2.06. The molecule has 1 aromatic heterocycles. The first-order chi connectivity index (χ1) is 10.2. The number of hydrogen-bond acceptors (Lipinski definition) is 1. The molecule has 0 radical (unpaired) electrons. The van der Waals surface area contributed by atoms with Crippen LogP contribution in [0.4, 0.5) is 0 Å². The van der Waals surface area contributed by atoms with Gasteiger partial charge < -0.3 is 4.98 Å². The molecule has 1 heterocycles. The van der Waals surface area contributed by atoms with Crippen LogP contribution in [0.25, 0.3) is 11.3 Å². The fraction of sp³-hybridized carbons (Fsp3) is 0. The third kappa shape index (κ3) is 2.73. The quantitative estimate of drug-likeness (QED) is 0.660. The van der Waals surface area contributed by atoms with E-state index in [1.54, 1.807) is 30.5 Å². The number of ketones is 1. The largest absolute Gasteiger partial charge is 0.361 e. The Morgan fingerprint density at radius 3 is 2.38 bits per heavy atom. The van der Waals surface area contributed by atoms with Gasteiger partial charge in [-0.05, 0) is 29.8 Å². The molecule has 0 aliphatic carbocycles. The van der Waals surface area contributed by atoms with Crippen molar-refractivity contribution in [3.8, 4) is 11.3 Å². The van der Waals surface area contributed by atoms with Crippen molar-refractivity contribution in [1.29, 1.82) is 0 Å². The first kappa shape index (κ1) is 13.9. The summed E-state index contributed by atoms with van der Waals surface area (Å²) in [5.74, 6) is -0.128. The molecule has 2 aromatic carbocycles. The second-order valence-electron chi connectivity index (χ2n) is 4.59. The molecule has 3 aromatic rings. The van der Waals surface area contributed by atoms with Crippen molar-refractivity contribution in [2.75, 3.05) is 0 Å². The maximum Gasteiger partial charge on any atom is 0.196 e. The number of aromatic amines is 1. The number of carbonyl (C=O) groups excluding carboxylic acids is 1. The zero-order chi connectivity index (χ0) is 14.8. The second kappa shape index (κ2) is 5.76. The van der Waals surface area contributed by atoms with E-state index >= 15 is 0 Å². The van der Waals surface area contributed by atoms with Crippen molar-refractivity contribution in [2.45, 2.75) is 0 Å². The number of H-pyrrole nitrogens is 1. The first-order valence-corrected chi connectivity index (χ1v) is 7.15. The van der Waals surface area contributed by atoms with Crippen LogP contribution in [0.15, 0.2) is 60.8 Å². The number of halogens is 2. The number of benzene rings is 2. The molecule has 21 heavy (non-hydrogen) atoms. The number of hydrogen-bond donors (Lipinski definition) is 1. The smallest absolute Gasteiger partial charge is 0.196 e. The van der Waals surface area contributed by atoms with Crippen molar-refractivity contribution in [2.24, 2.45) is 0 Å². The maximum atomic E-state index is 12.7. The van der Waals surface area contributed by atoms with Crippen LogP contribution in [0.5, 0.6) is 0 Å². The van der Waals surface area contributed by atoms with Gasteiger partial charge in [-0.25, -0.2) is 0 Å². The van der Waals surface area contributed by atoms with Crippen LogP contribution in [-0.2, 0) is 0 Å². The molecule has 0 saturated carbocycles. The molecule has 0 aliphatic heterocycles. The Morgan fingerprint density at radius 1 is 0.905 bits per heavy atom. The lowest BCUT2D eigenvalue weighted by Crippen LogP contribution is -2.02. The average Bonchev–Trinajstić information content (AvgIpc) is 2.97. The van der Waals surface area contributed by atoms with Crippen molar-refractivity contribution >= 4 is 29.0 Å². The van der Waals surface area contributed by atoms with E-state index in [0.717, 1.165) is 11.3 Å². The standard InChI is InChI=1S/C17H11Cl2NO/c18-12-6-7-13(15(19)10-12)17(21)14-8-9-20-16(14)11-4-2-1-3-5-11/h1-10,20H. The minimum Gasteiger partial charge on any atom is -0.361 e. The van der Waals surface area contributed by atoms with E-state index in [0.29, 0.717) is 21.2 Å². The topological polar surface area (TPSA) is 32.9 Å². The lowest BCUT2D eigenvalue weighted by molar-refractivity contribution is 0.103. The predicted octanol–water partition coefficient (Wildman–Crippen LogP) is 5.22. The number of carbonyl (C=O) groups is 1. The highest BCUT2D eigenvalue weighted by atomic mass is 35.5. The fourth-order valence-corrected chi connectivity index (χ4v) is 2.72. The summed E-state index contributed by atoms with van der Waals surface area (Å²) >= 11 is 12.0. The van der Waals surface area contributed by atoms with Crippen LogP contribution in [0, 0.1) is 0 Å². The number of aromatic nitrogens is 1. The zero-order valence-corrected chi connectivity index (χ0v) is 12.4. The normalized spacial score (nSPS) is 10.6. The Morgan fingerprint density at radius 2 is 1.67 bits per heavy atom. The Balaban J connectivity index is 2.06. The van der Waals surface area contributed by atoms with Gasteiger partial charge in [-0.2, -0.15) is 0 Å². The molecule has 0 atom stereocenters. The van der Waals surface area contributed by atoms with E-state index < -0.39 is 0 Å². The molecular formula is C17H11Cl2NO. The number of nitrogens with one attached hydrogen (secondary N) is 1. The summed E-state index contributed by atoms with van der Waals surface area (Å²) in [6, 6.07) is 16.3. The van der Waals surface area contributed by atoms with Gasteiger partial charge in [-0.15, -0.1) is 0 Å². The molecule has 3 rings (SSSR count). The highest BCUT2D eigenvalue weighted by molar-refractivity contribution is 6.37. The minimum atomic E-state index is -0.128. The summed E-state index contributed by atoms with van der Waals surface area (Å²) in [4.78, 5) is 15.8. The van der Waals surface area contributed by atoms with E-state index in [9.17, 15) is 4.79 Å². The fourth-order valence-electron chi connectivity index (χ4n) is 2.22. The zero-order valence-electron chi connectivity index (χ0n) is 10.9. The molecule has 0 fully saturated rings. The van der Waals surface area contributed by atoms with Gasteiger partial charge in [0.1, 0.15) is 0 Å². The summed E-state index contributed by atoms with van der Waals surface area (Å²) in [6.07, 6.45) is 1.75. The van der Waals surface area contributed by atoms with Crippen molar-refractivity contribution in [1.82, 2.24) is 4.98 Å². The van der Waals surface area contributed by atoms with E-state index in [1.165, 1.54) is 0 Å². The molecule has 0 bridgehead atoms. The van der Waals surface area contributed by atoms with Crippen molar-refractivity contribution < 1.29 is 4.79 Å². The van der Waals surface area contributed by atoms with Crippen molar-refractivity contribution in [3.05, 3.63) is 82.0 Å². The van der Waals surface area contributed by atoms with Crippen LogP contribution in [0.3, 0.4) is 0 Å². The van der Waals surface area contributed by atoms with Gasteiger partial charge in [0, 0.05) is 22.3 Å². The molecule has 4 heteroatoms. The molecule has 2 nitrogen and oxygen atoms in total. The van der Waals surface area contributed by atoms with E-state index in [-0.39, 0.29) is 5.78 Å². The summed E-state index contributed by atoms with van der Waals surface area (Å²) in [7, 11) is 0. The van der Waals surface area contributed by atoms with E-state index in [2.05, 4.69) is 4.98 Å². The van der Waals surface area contributed by atoms with Crippen LogP contribution >= 0.6 is 23.2 Å². The van der Waals surface area contributed by atoms with Gasteiger partial charge in [0.15, 0.2) is 5.78 Å². The second-order valence-corrected chi connectivity index (χ2v) is 5.43. The summed E-state index contributed by atoms with van der Waals surface area (Å²) in [6.45, 7) is 0. The van der Waals surface area contributed by atoms with Crippen LogP contribution < -0.4 is 0 Å². The molecule has 1 N–H and O–H groups in total. The van der Waals surface area contributed by atoms with Gasteiger partial charge in [-0.3, -0.25) is 4.79 Å². The van der Waals surface area contributed by atoms with Crippen molar-refractivity contribution in [3.63, 3.8) is 0 Å².